The molecule has 0 aromatic rings. The Hall–Kier alpha value is -2.50. The number of nitrogens with zero attached hydrogens (tertiary/aromatic N) is 1. The largest absolute Gasteiger partial charge is 0.497 e. The van der Waals surface area contributed by atoms with E-state index in [-0.39, 0.29) is 50.2 Å². The number of ketones is 1. The number of hydrogen-bond donors (Lipinski definition) is 2. The highest BCUT2D eigenvalue weighted by Gasteiger charge is 2.48. The number of allylic oxidation sites excluding steroid dienone is 3. The lowest BCUT2D eigenvalue weighted by Gasteiger charge is -2.46. The predicted molar refractivity (Wildman–Crippen MR) is 216 cm³/mol. The van der Waals surface area contributed by atoms with Gasteiger partial charge >= 0.3 is 5.97 Å². The van der Waals surface area contributed by atoms with Crippen molar-refractivity contribution in [1.82, 2.24) is 4.90 Å². The fourth-order valence-corrected chi connectivity index (χ4v) is 8.50. The van der Waals surface area contributed by atoms with Crippen molar-refractivity contribution in [3.63, 3.8) is 0 Å². The van der Waals surface area contributed by atoms with Crippen LogP contribution in [0.4, 0.5) is 0 Å². The molecule has 14 heteroatoms. The standard InChI is InChI=1S/C44H71NO13/c1-12-34-32(24-54-44-42(51-11)41(50-10)27(4)29(6)55-44)21-25(2)15-16-33(46)26(3)22-31-17-20-52-18-13-14-19-53-35(23-36(47)57-34)28(5)40(31)58-43-39(49)37(45(8)9)38(48)30(7)56-43/h13-17,20-21,26-32,34-35,37-44,48-49H,12,18-19,22-24H2,1-11H3/b14-13+,16-15+,20-17-,25-21+/t26-,27+,28+,29?,30?,31+,32-,34-,35-,37?,38+,39?,40-,41+,42?,43+,44-/m1/s1. The van der Waals surface area contributed by atoms with E-state index < -0.39 is 91.0 Å². The smallest absolute Gasteiger partial charge is 0.308 e. The first kappa shape index (κ1) is 48.2. The molecule has 2 fully saturated rings. The van der Waals surface area contributed by atoms with Gasteiger partial charge in [-0.05, 0) is 65.9 Å². The fourth-order valence-electron chi connectivity index (χ4n) is 8.50. The molecule has 58 heavy (non-hydrogen) atoms. The van der Waals surface area contributed by atoms with Gasteiger partial charge in [0.15, 0.2) is 18.4 Å². The number of esters is 1. The third kappa shape index (κ3) is 12.5. The molecular formula is C44H71NO13. The van der Waals surface area contributed by atoms with Crippen molar-refractivity contribution in [2.24, 2.45) is 29.6 Å². The number of methoxy groups -OCH3 is 2. The van der Waals surface area contributed by atoms with Crippen LogP contribution in [0.2, 0.25) is 0 Å². The molecule has 4 rings (SSSR count). The van der Waals surface area contributed by atoms with E-state index in [0.29, 0.717) is 12.8 Å². The first-order valence-corrected chi connectivity index (χ1v) is 20.9. The lowest BCUT2D eigenvalue weighted by Crippen LogP contribution is -2.63. The van der Waals surface area contributed by atoms with E-state index in [0.717, 1.165) is 5.57 Å². The van der Waals surface area contributed by atoms with Gasteiger partial charge in [0.25, 0.3) is 0 Å². The third-order valence-corrected chi connectivity index (χ3v) is 12.2. The number of ether oxygens (including phenoxy) is 9. The van der Waals surface area contributed by atoms with E-state index in [4.69, 9.17) is 42.6 Å². The Morgan fingerprint density at radius 1 is 0.862 bits per heavy atom. The highest BCUT2D eigenvalue weighted by Crippen LogP contribution is 2.36. The van der Waals surface area contributed by atoms with Crippen molar-refractivity contribution < 1.29 is 62.4 Å². The Kier molecular flexibility index (Phi) is 19.0. The minimum atomic E-state index is -1.22. The quantitative estimate of drug-likeness (QED) is 0.249. The average Bonchev–Trinajstić information content (AvgIpc) is 3.18. The normalized spacial score (nSPS) is 43.9. The van der Waals surface area contributed by atoms with Crippen molar-refractivity contribution >= 4 is 11.8 Å². The first-order valence-electron chi connectivity index (χ1n) is 20.9. The molecule has 14 nitrogen and oxygen atoms in total. The Morgan fingerprint density at radius 3 is 2.22 bits per heavy atom. The molecule has 0 saturated carbocycles. The highest BCUT2D eigenvalue weighted by molar-refractivity contribution is 5.91. The molecule has 0 aromatic heterocycles. The summed E-state index contributed by atoms with van der Waals surface area (Å²) in [5, 5.41) is 22.5. The van der Waals surface area contributed by atoms with Crippen LogP contribution in [0, 0.1) is 29.6 Å². The second-order valence-electron chi connectivity index (χ2n) is 16.7. The van der Waals surface area contributed by atoms with Crippen molar-refractivity contribution in [3.05, 3.63) is 48.3 Å². The maximum absolute atomic E-state index is 14.1. The second kappa shape index (κ2) is 22.9. The molecule has 4 heterocycles. The molecule has 0 spiro atoms. The van der Waals surface area contributed by atoms with Crippen LogP contribution >= 0.6 is 0 Å². The summed E-state index contributed by atoms with van der Waals surface area (Å²) >= 11 is 0. The lowest BCUT2D eigenvalue weighted by molar-refractivity contribution is -0.303. The van der Waals surface area contributed by atoms with Gasteiger partial charge in [0.1, 0.15) is 24.9 Å². The highest BCUT2D eigenvalue weighted by atomic mass is 16.7. The van der Waals surface area contributed by atoms with E-state index in [2.05, 4.69) is 6.92 Å². The van der Waals surface area contributed by atoms with Gasteiger partial charge in [-0.25, -0.2) is 0 Å². The fraction of sp³-hybridized carbons (Fsp3) is 0.773. The van der Waals surface area contributed by atoms with Gasteiger partial charge in [-0.2, -0.15) is 0 Å². The molecule has 0 amide bonds. The number of likely N-dealkylation sites (N-methyl/N-ethyl adjacent to an activating group) is 1. The molecule has 0 radical (unpaired) electrons. The van der Waals surface area contributed by atoms with Crippen molar-refractivity contribution in [2.45, 2.75) is 141 Å². The van der Waals surface area contributed by atoms with Crippen LogP contribution in [0.15, 0.2) is 48.3 Å². The van der Waals surface area contributed by atoms with Crippen molar-refractivity contribution in [1.29, 1.82) is 0 Å². The Morgan fingerprint density at radius 2 is 1.55 bits per heavy atom. The van der Waals surface area contributed by atoms with Crippen LogP contribution in [-0.2, 0) is 52.2 Å². The molecule has 4 aliphatic heterocycles. The van der Waals surface area contributed by atoms with Gasteiger partial charge in [0, 0.05) is 43.8 Å². The minimum Gasteiger partial charge on any atom is -0.497 e. The summed E-state index contributed by atoms with van der Waals surface area (Å²) in [5.41, 5.74) is 0.797. The maximum atomic E-state index is 14.1. The molecule has 330 valence electrons. The summed E-state index contributed by atoms with van der Waals surface area (Å²) in [6.07, 6.45) is 5.57. The van der Waals surface area contributed by atoms with Crippen LogP contribution in [-0.4, -0.2) is 149 Å². The number of rotatable bonds is 9. The van der Waals surface area contributed by atoms with E-state index in [9.17, 15) is 19.8 Å². The molecule has 17 atom stereocenters. The molecule has 0 aliphatic carbocycles. The first-order chi connectivity index (χ1) is 27.6. The lowest BCUT2D eigenvalue weighted by atomic mass is 9.81. The molecule has 5 unspecified atom stereocenters. The van der Waals surface area contributed by atoms with Crippen molar-refractivity contribution in [3.8, 4) is 0 Å². The zero-order valence-electron chi connectivity index (χ0n) is 36.4. The zero-order valence-corrected chi connectivity index (χ0v) is 36.4. The topological polar surface area (TPSA) is 161 Å². The molecule has 4 aliphatic rings. The molecule has 2 saturated heterocycles. The van der Waals surface area contributed by atoms with Crippen LogP contribution in [0.25, 0.3) is 0 Å². The van der Waals surface area contributed by atoms with Gasteiger partial charge in [0.05, 0.1) is 68.6 Å². The van der Waals surface area contributed by atoms with Gasteiger partial charge < -0.3 is 57.7 Å². The van der Waals surface area contributed by atoms with Gasteiger partial charge in [-0.3, -0.25) is 9.59 Å². The monoisotopic (exact) mass is 821 g/mol. The van der Waals surface area contributed by atoms with Crippen LogP contribution in [0.1, 0.15) is 67.7 Å². The van der Waals surface area contributed by atoms with Crippen LogP contribution in [0.3, 0.4) is 0 Å². The second-order valence-corrected chi connectivity index (χ2v) is 16.7. The third-order valence-electron chi connectivity index (χ3n) is 12.2. The number of aliphatic hydroxyl groups is 2. The Labute approximate surface area is 345 Å². The molecule has 0 aromatic carbocycles. The number of carbonyl (C=O) groups is 2. The number of carbonyl (C=O) groups excluding carboxylic acids is 2. The summed E-state index contributed by atoms with van der Waals surface area (Å²) in [5.74, 6) is -2.28. The van der Waals surface area contributed by atoms with Gasteiger partial charge in [-0.1, -0.05) is 51.5 Å². The summed E-state index contributed by atoms with van der Waals surface area (Å²) in [6.45, 7) is 14.0. The van der Waals surface area contributed by atoms with Crippen molar-refractivity contribution in [2.75, 3.05) is 48.1 Å². The molecular weight excluding hydrogens is 750 g/mol. The molecule has 2 N–H and O–H groups in total. The number of cyclic esters (lactones) is 1. The van der Waals surface area contributed by atoms with E-state index in [1.807, 2.05) is 58.9 Å². The number of hydrogen-bond acceptors (Lipinski definition) is 14. The maximum Gasteiger partial charge on any atom is 0.308 e. The summed E-state index contributed by atoms with van der Waals surface area (Å²) < 4.78 is 55.7. The SMILES string of the molecule is CC[C@H]1OC(=O)C[C@H]2OC/C=C/CO/C=C\[C@@H](C[C@@H](C)C(=O)/C=C/C(C)=C/[C@@H]1CO[C@@H]1OC(C)[C@H](C)[C@H](OC)C1OC)[C@H](O[C@@H]1OC(C)[C@H](O)C(N(C)C)C1O)[C@H]2C. The summed E-state index contributed by atoms with van der Waals surface area (Å²) in [6, 6.07) is -0.673. The Bertz CT molecular complexity index is 1420. The summed E-state index contributed by atoms with van der Waals surface area (Å²) in [7, 11) is 6.82. The van der Waals surface area contributed by atoms with Gasteiger partial charge in [-0.15, -0.1) is 0 Å². The predicted octanol–water partition coefficient (Wildman–Crippen LogP) is 4.37. The molecule has 2 bridgehead atoms. The Balaban J connectivity index is 1.72. The van der Waals surface area contributed by atoms with Crippen LogP contribution < -0.4 is 0 Å². The average molecular weight is 822 g/mol. The number of fused-ring (bicyclic) bond motifs is 3. The minimum absolute atomic E-state index is 0.0705. The van der Waals surface area contributed by atoms with Crippen LogP contribution in [0.5, 0.6) is 0 Å². The van der Waals surface area contributed by atoms with Gasteiger partial charge in [0.2, 0.25) is 0 Å². The summed E-state index contributed by atoms with van der Waals surface area (Å²) in [4.78, 5) is 29.7. The van der Waals surface area contributed by atoms with E-state index >= 15 is 0 Å². The number of aliphatic hydroxyl groups excluding tert-OH is 2. The van der Waals surface area contributed by atoms with E-state index in [1.54, 1.807) is 58.6 Å². The van der Waals surface area contributed by atoms with E-state index in [1.165, 1.54) is 0 Å². The zero-order chi connectivity index (χ0) is 42.7.